The summed E-state index contributed by atoms with van der Waals surface area (Å²) in [5, 5.41) is 20.3. The van der Waals surface area contributed by atoms with Crippen molar-refractivity contribution in [3.05, 3.63) is 40.4 Å². The molecule has 0 fully saturated rings. The van der Waals surface area contributed by atoms with E-state index < -0.39 is 0 Å². The number of aromatic nitrogens is 3. The van der Waals surface area contributed by atoms with Crippen molar-refractivity contribution in [1.29, 1.82) is 0 Å². The average molecular weight is 248 g/mol. The van der Waals surface area contributed by atoms with E-state index in [0.717, 1.165) is 17.8 Å². The second kappa shape index (κ2) is 4.92. The average Bonchev–Trinajstić information content (AvgIpc) is 2.67. The molecular weight excluding hydrogens is 236 g/mol. The van der Waals surface area contributed by atoms with Crippen LogP contribution in [0, 0.1) is 4.77 Å². The molecule has 2 rings (SSSR count). The number of nitrogens with one attached hydrogen (secondary N) is 1. The monoisotopic (exact) mass is 248 g/mol. The van der Waals surface area contributed by atoms with Gasteiger partial charge in [0.15, 0.2) is 5.82 Å². The molecule has 0 bridgehead atoms. The first-order chi connectivity index (χ1) is 8.20. The molecule has 0 saturated heterocycles. The third-order valence-electron chi connectivity index (χ3n) is 2.23. The summed E-state index contributed by atoms with van der Waals surface area (Å²) in [4.78, 5) is 0. The molecule has 0 radical (unpaired) electrons. The fourth-order valence-electron chi connectivity index (χ4n) is 1.40. The molecule has 0 atom stereocenters. The fraction of sp³-hybridized carbons (Fsp3) is 0.182. The minimum Gasteiger partial charge on any atom is -0.508 e. The summed E-state index contributed by atoms with van der Waals surface area (Å²) in [6.45, 7) is 1.98. The van der Waals surface area contributed by atoms with E-state index in [-0.39, 0.29) is 5.75 Å². The molecule has 0 spiro atoms. The maximum atomic E-state index is 9.32. The number of phenolic OH excluding ortho intramolecular Hbond substituents is 1. The number of benzene rings is 1. The number of H-pyrrole nitrogens is 1. The summed E-state index contributed by atoms with van der Waals surface area (Å²) < 4.78 is 2.03. The Morgan fingerprint density at radius 2 is 2.41 bits per heavy atom. The fourth-order valence-corrected chi connectivity index (χ4v) is 1.60. The number of rotatable bonds is 3. The SMILES string of the molecule is CCc1n[nH]c(=S)n1/N=C\c1cccc(O)c1. The number of hydrogen-bond donors (Lipinski definition) is 2. The van der Waals surface area contributed by atoms with E-state index in [1.165, 1.54) is 0 Å². The van der Waals surface area contributed by atoms with Crippen molar-refractivity contribution in [2.75, 3.05) is 0 Å². The zero-order valence-electron chi connectivity index (χ0n) is 9.29. The lowest BCUT2D eigenvalue weighted by Crippen LogP contribution is -1.97. The first-order valence-corrected chi connectivity index (χ1v) is 5.61. The van der Waals surface area contributed by atoms with E-state index in [9.17, 15) is 5.11 Å². The molecular formula is C11H12N4OS. The molecule has 2 aromatic rings. The largest absolute Gasteiger partial charge is 0.508 e. The van der Waals surface area contributed by atoms with Gasteiger partial charge in [0.05, 0.1) is 6.21 Å². The van der Waals surface area contributed by atoms with Crippen molar-refractivity contribution in [2.45, 2.75) is 13.3 Å². The predicted molar refractivity (Wildman–Crippen MR) is 67.9 cm³/mol. The molecule has 17 heavy (non-hydrogen) atoms. The van der Waals surface area contributed by atoms with Crippen molar-refractivity contribution in [3.63, 3.8) is 0 Å². The van der Waals surface area contributed by atoms with Crippen LogP contribution in [0.1, 0.15) is 18.3 Å². The van der Waals surface area contributed by atoms with Gasteiger partial charge in [0.1, 0.15) is 5.75 Å². The van der Waals surface area contributed by atoms with E-state index in [2.05, 4.69) is 15.3 Å². The molecule has 0 saturated carbocycles. The van der Waals surface area contributed by atoms with E-state index in [1.807, 2.05) is 13.0 Å². The zero-order chi connectivity index (χ0) is 12.3. The molecule has 5 nitrogen and oxygen atoms in total. The first kappa shape index (κ1) is 11.5. The summed E-state index contributed by atoms with van der Waals surface area (Å²) >= 11 is 5.06. The normalized spacial score (nSPS) is 11.1. The van der Waals surface area contributed by atoms with Gasteiger partial charge in [-0.15, -0.1) is 0 Å². The van der Waals surface area contributed by atoms with Gasteiger partial charge < -0.3 is 5.11 Å². The van der Waals surface area contributed by atoms with Crippen molar-refractivity contribution in [1.82, 2.24) is 14.9 Å². The highest BCUT2D eigenvalue weighted by atomic mass is 32.1. The Hall–Kier alpha value is -1.95. The van der Waals surface area contributed by atoms with E-state index >= 15 is 0 Å². The first-order valence-electron chi connectivity index (χ1n) is 5.20. The Balaban J connectivity index is 2.32. The summed E-state index contributed by atoms with van der Waals surface area (Å²) in [5.41, 5.74) is 0.801. The van der Waals surface area contributed by atoms with Crippen molar-refractivity contribution in [3.8, 4) is 5.75 Å². The van der Waals surface area contributed by atoms with Gasteiger partial charge in [-0.05, 0) is 29.9 Å². The van der Waals surface area contributed by atoms with Crippen LogP contribution in [0.2, 0.25) is 0 Å². The molecule has 0 amide bonds. The highest BCUT2D eigenvalue weighted by Gasteiger charge is 2.00. The second-order valence-electron chi connectivity index (χ2n) is 3.45. The lowest BCUT2D eigenvalue weighted by Gasteiger charge is -1.97. The van der Waals surface area contributed by atoms with Crippen LogP contribution in [-0.2, 0) is 6.42 Å². The maximum Gasteiger partial charge on any atom is 0.216 e. The van der Waals surface area contributed by atoms with E-state index in [4.69, 9.17) is 12.2 Å². The number of hydrogen-bond acceptors (Lipinski definition) is 4. The molecule has 2 N–H and O–H groups in total. The van der Waals surface area contributed by atoms with E-state index in [1.54, 1.807) is 29.1 Å². The molecule has 1 aromatic heterocycles. The number of aryl methyl sites for hydroxylation is 1. The summed E-state index contributed by atoms with van der Waals surface area (Å²) in [6.07, 6.45) is 2.37. The molecule has 0 aliphatic heterocycles. The van der Waals surface area contributed by atoms with Crippen LogP contribution >= 0.6 is 12.2 Å². The number of aromatic amines is 1. The summed E-state index contributed by atoms with van der Waals surface area (Å²) in [5.74, 6) is 0.979. The van der Waals surface area contributed by atoms with Crippen molar-refractivity contribution >= 4 is 18.4 Å². The number of aromatic hydroxyl groups is 1. The van der Waals surface area contributed by atoms with Crippen LogP contribution in [0.5, 0.6) is 5.75 Å². The van der Waals surface area contributed by atoms with Gasteiger partial charge in [0.2, 0.25) is 4.77 Å². The Kier molecular flexibility index (Phi) is 3.34. The van der Waals surface area contributed by atoms with Gasteiger partial charge in [-0.3, -0.25) is 5.10 Å². The van der Waals surface area contributed by atoms with Gasteiger partial charge in [-0.25, -0.2) is 0 Å². The third-order valence-corrected chi connectivity index (χ3v) is 2.49. The van der Waals surface area contributed by atoms with Crippen LogP contribution in [0.25, 0.3) is 0 Å². The molecule has 6 heteroatoms. The Morgan fingerprint density at radius 3 is 3.12 bits per heavy atom. The highest BCUT2D eigenvalue weighted by molar-refractivity contribution is 7.71. The van der Waals surface area contributed by atoms with E-state index in [0.29, 0.717) is 4.77 Å². The Morgan fingerprint density at radius 1 is 1.59 bits per heavy atom. The standard InChI is InChI=1S/C11H12N4OS/c1-2-10-13-14-11(17)15(10)12-7-8-4-3-5-9(16)6-8/h3-7,16H,2H2,1H3,(H,14,17)/b12-7-. The molecule has 88 valence electrons. The number of nitrogens with zero attached hydrogens (tertiary/aromatic N) is 3. The molecule has 1 heterocycles. The van der Waals surface area contributed by atoms with Gasteiger partial charge >= 0.3 is 0 Å². The molecule has 0 unspecified atom stereocenters. The van der Waals surface area contributed by atoms with Gasteiger partial charge in [0, 0.05) is 6.42 Å². The topological polar surface area (TPSA) is 66.2 Å². The molecule has 0 aliphatic carbocycles. The maximum absolute atomic E-state index is 9.32. The lowest BCUT2D eigenvalue weighted by molar-refractivity contribution is 0.475. The van der Waals surface area contributed by atoms with Gasteiger partial charge in [0.25, 0.3) is 0 Å². The van der Waals surface area contributed by atoms with Crippen LogP contribution in [-0.4, -0.2) is 26.2 Å². The minimum absolute atomic E-state index is 0.209. The number of phenols is 1. The van der Waals surface area contributed by atoms with Crippen LogP contribution in [0.15, 0.2) is 29.4 Å². The van der Waals surface area contributed by atoms with Crippen LogP contribution < -0.4 is 0 Å². The van der Waals surface area contributed by atoms with Gasteiger partial charge in [-0.1, -0.05) is 19.1 Å². The minimum atomic E-state index is 0.209. The van der Waals surface area contributed by atoms with Crippen LogP contribution in [0.3, 0.4) is 0 Å². The highest BCUT2D eigenvalue weighted by Crippen LogP contribution is 2.09. The van der Waals surface area contributed by atoms with Crippen molar-refractivity contribution in [2.24, 2.45) is 5.10 Å². The lowest BCUT2D eigenvalue weighted by atomic mass is 10.2. The zero-order valence-corrected chi connectivity index (χ0v) is 10.1. The Bertz CT molecular complexity index is 600. The van der Waals surface area contributed by atoms with Crippen molar-refractivity contribution < 1.29 is 5.11 Å². The second-order valence-corrected chi connectivity index (χ2v) is 3.84. The molecule has 1 aromatic carbocycles. The molecule has 0 aliphatic rings. The van der Waals surface area contributed by atoms with Crippen LogP contribution in [0.4, 0.5) is 0 Å². The predicted octanol–water partition coefficient (Wildman–Crippen LogP) is 2.09. The summed E-state index contributed by atoms with van der Waals surface area (Å²) in [6, 6.07) is 6.84. The van der Waals surface area contributed by atoms with Gasteiger partial charge in [-0.2, -0.15) is 14.9 Å². The quantitative estimate of drug-likeness (QED) is 0.645. The Labute approximate surface area is 103 Å². The smallest absolute Gasteiger partial charge is 0.216 e. The summed E-state index contributed by atoms with van der Waals surface area (Å²) in [7, 11) is 0. The third kappa shape index (κ3) is 2.59.